The average Bonchev–Trinajstić information content (AvgIpc) is 3.55. The molecule has 1 aliphatic rings. The fourth-order valence-electron chi connectivity index (χ4n) is 5.78. The van der Waals surface area contributed by atoms with E-state index in [1.54, 1.807) is 4.68 Å². The molecule has 10 nitrogen and oxygen atoms in total. The van der Waals surface area contributed by atoms with E-state index in [-0.39, 0.29) is 0 Å². The number of hydrogen-bond donors (Lipinski definition) is 2. The number of nitrogen functional groups attached to an aromatic ring is 2. The van der Waals surface area contributed by atoms with Gasteiger partial charge in [0.1, 0.15) is 11.8 Å². The van der Waals surface area contributed by atoms with Crippen LogP contribution in [0.3, 0.4) is 0 Å². The molecule has 0 aliphatic carbocycles. The number of anilines is 2. The number of piperidine rings is 1. The molecule has 4 N–H and O–H groups in total. The zero-order chi connectivity index (χ0) is 27.2. The van der Waals surface area contributed by atoms with E-state index in [0.717, 1.165) is 71.5 Å². The van der Waals surface area contributed by atoms with E-state index in [4.69, 9.17) is 16.5 Å². The second-order valence-electron chi connectivity index (χ2n) is 10.4. The smallest absolute Gasteiger partial charge is 0.165 e. The highest BCUT2D eigenvalue weighted by molar-refractivity contribution is 5.95. The largest absolute Gasteiger partial charge is 0.382 e. The summed E-state index contributed by atoms with van der Waals surface area (Å²) in [6.45, 7) is 2.92. The van der Waals surface area contributed by atoms with Crippen molar-refractivity contribution in [1.82, 2.24) is 39.2 Å². The Morgan fingerprint density at radius 2 is 1.62 bits per heavy atom. The van der Waals surface area contributed by atoms with Crippen molar-refractivity contribution in [2.24, 2.45) is 7.05 Å². The van der Waals surface area contributed by atoms with Crippen molar-refractivity contribution in [3.05, 3.63) is 78.9 Å². The molecule has 40 heavy (non-hydrogen) atoms. The Hall–Kier alpha value is -4.83. The number of hydrogen-bond acceptors (Lipinski definition) is 8. The lowest BCUT2D eigenvalue weighted by atomic mass is 9.97. The summed E-state index contributed by atoms with van der Waals surface area (Å²) >= 11 is 0. The third kappa shape index (κ3) is 4.22. The fourth-order valence-corrected chi connectivity index (χ4v) is 5.78. The Morgan fingerprint density at radius 3 is 2.40 bits per heavy atom. The Morgan fingerprint density at radius 1 is 0.850 bits per heavy atom. The van der Waals surface area contributed by atoms with Crippen LogP contribution in [0.25, 0.3) is 44.6 Å². The number of rotatable bonds is 5. The van der Waals surface area contributed by atoms with Crippen molar-refractivity contribution in [2.75, 3.05) is 24.6 Å². The van der Waals surface area contributed by atoms with Crippen molar-refractivity contribution in [3.8, 4) is 22.4 Å². The third-order valence-corrected chi connectivity index (χ3v) is 7.90. The maximum absolute atomic E-state index is 6.20. The van der Waals surface area contributed by atoms with Gasteiger partial charge in [-0.3, -0.25) is 4.90 Å². The number of benzene rings is 2. The van der Waals surface area contributed by atoms with Crippen LogP contribution < -0.4 is 11.5 Å². The Balaban J connectivity index is 1.10. The summed E-state index contributed by atoms with van der Waals surface area (Å²) in [7, 11) is 1.88. The predicted molar refractivity (Wildman–Crippen MR) is 157 cm³/mol. The number of pyridine rings is 1. The molecule has 1 saturated heterocycles. The molecule has 4 aromatic heterocycles. The molecule has 0 amide bonds. The van der Waals surface area contributed by atoms with Gasteiger partial charge in [0.2, 0.25) is 0 Å². The van der Waals surface area contributed by atoms with E-state index in [1.165, 1.54) is 11.9 Å². The molecule has 6 aromatic rings. The first-order valence-electron chi connectivity index (χ1n) is 13.5. The average molecular weight is 531 g/mol. The molecule has 0 bridgehead atoms. The van der Waals surface area contributed by atoms with Crippen LogP contribution in [0.1, 0.15) is 24.4 Å². The molecular weight excluding hydrogens is 500 g/mol. The lowest BCUT2D eigenvalue weighted by Gasteiger charge is -2.32. The minimum absolute atomic E-state index is 0.358. The van der Waals surface area contributed by atoms with Gasteiger partial charge >= 0.3 is 0 Å². The lowest BCUT2D eigenvalue weighted by molar-refractivity contribution is 0.181. The van der Waals surface area contributed by atoms with Crippen LogP contribution >= 0.6 is 0 Å². The molecule has 5 heterocycles. The summed E-state index contributed by atoms with van der Waals surface area (Å²) in [5.41, 5.74) is 19.9. The Labute approximate surface area is 231 Å². The number of likely N-dealkylation sites (tertiary alicyclic amines) is 1. The summed E-state index contributed by atoms with van der Waals surface area (Å²) in [5.74, 6) is 0.923. The summed E-state index contributed by atoms with van der Waals surface area (Å²) in [6.07, 6.45) is 5.43. The van der Waals surface area contributed by atoms with Crippen LogP contribution in [-0.2, 0) is 13.6 Å². The van der Waals surface area contributed by atoms with Gasteiger partial charge < -0.3 is 16.0 Å². The minimum Gasteiger partial charge on any atom is -0.382 e. The summed E-state index contributed by atoms with van der Waals surface area (Å²) in [6, 6.07) is 21.5. The lowest BCUT2D eigenvalue weighted by Crippen LogP contribution is -2.34. The van der Waals surface area contributed by atoms with E-state index in [9.17, 15) is 0 Å². The number of fused-ring (bicyclic) bond motifs is 2. The van der Waals surface area contributed by atoms with Crippen LogP contribution in [0.15, 0.2) is 73.3 Å². The number of nitrogens with two attached hydrogens (primary N) is 2. The molecule has 0 saturated carbocycles. The summed E-state index contributed by atoms with van der Waals surface area (Å²) in [4.78, 5) is 20.5. The molecule has 1 aliphatic heterocycles. The Bertz CT molecular complexity index is 1810. The van der Waals surface area contributed by atoms with Gasteiger partial charge in [-0.25, -0.2) is 24.6 Å². The van der Waals surface area contributed by atoms with E-state index < -0.39 is 0 Å². The zero-order valence-electron chi connectivity index (χ0n) is 22.3. The van der Waals surface area contributed by atoms with Crippen molar-refractivity contribution in [2.45, 2.75) is 25.4 Å². The van der Waals surface area contributed by atoms with Gasteiger partial charge in [-0.2, -0.15) is 5.10 Å². The van der Waals surface area contributed by atoms with Crippen molar-refractivity contribution >= 4 is 33.8 Å². The number of nitrogens with zero attached hydrogens (tertiary/aromatic N) is 8. The molecule has 0 spiro atoms. The second kappa shape index (κ2) is 9.73. The summed E-state index contributed by atoms with van der Waals surface area (Å²) < 4.78 is 3.90. The van der Waals surface area contributed by atoms with Gasteiger partial charge in [-0.15, -0.1) is 0 Å². The number of imidazole rings is 1. The normalized spacial score (nSPS) is 14.8. The monoisotopic (exact) mass is 530 g/mol. The van der Waals surface area contributed by atoms with E-state index >= 15 is 0 Å². The van der Waals surface area contributed by atoms with Gasteiger partial charge in [-0.1, -0.05) is 54.6 Å². The zero-order valence-corrected chi connectivity index (χ0v) is 22.3. The standard InChI is InChI=1S/C30H30N10/c1-38-29-24(27(31)37-38)15-23(20-5-3-2-4-6-20)25(36-29)21-9-7-19(8-10-21)16-39-13-11-22(12-14-39)40-18-35-26-28(32)33-17-34-30(26)40/h2-10,15,17-18,22H,11-14,16H2,1H3,(H2,31,37)(H2,32,33,34). The van der Waals surface area contributed by atoms with Crippen LogP contribution in [0.5, 0.6) is 0 Å². The van der Waals surface area contributed by atoms with E-state index in [2.05, 4.69) is 72.0 Å². The second-order valence-corrected chi connectivity index (χ2v) is 10.4. The van der Waals surface area contributed by atoms with Gasteiger partial charge in [-0.05, 0) is 30.0 Å². The topological polar surface area (TPSA) is 130 Å². The minimum atomic E-state index is 0.358. The molecule has 200 valence electrons. The first-order valence-corrected chi connectivity index (χ1v) is 13.5. The van der Waals surface area contributed by atoms with Crippen molar-refractivity contribution in [1.29, 1.82) is 0 Å². The first-order chi connectivity index (χ1) is 19.5. The van der Waals surface area contributed by atoms with Gasteiger partial charge in [0.25, 0.3) is 0 Å². The van der Waals surface area contributed by atoms with Crippen LogP contribution in [0, 0.1) is 0 Å². The van der Waals surface area contributed by atoms with Gasteiger partial charge in [0.15, 0.2) is 22.9 Å². The molecule has 10 heteroatoms. The number of aryl methyl sites for hydroxylation is 1. The molecule has 7 rings (SSSR count). The van der Waals surface area contributed by atoms with Crippen molar-refractivity contribution < 1.29 is 0 Å². The maximum Gasteiger partial charge on any atom is 0.165 e. The Kier molecular flexibility index (Phi) is 5.89. The molecular formula is C30H30N10. The first kappa shape index (κ1) is 24.2. The highest BCUT2D eigenvalue weighted by atomic mass is 15.3. The molecule has 0 radical (unpaired) electrons. The molecule has 2 aromatic carbocycles. The predicted octanol–water partition coefficient (Wildman–Crippen LogP) is 4.44. The molecule has 0 unspecified atom stereocenters. The van der Waals surface area contributed by atoms with Crippen molar-refractivity contribution in [3.63, 3.8) is 0 Å². The van der Waals surface area contributed by atoms with E-state index in [0.29, 0.717) is 23.2 Å². The van der Waals surface area contributed by atoms with Gasteiger partial charge in [0.05, 0.1) is 17.4 Å². The SMILES string of the molecule is Cn1nc(N)c2cc(-c3ccccc3)c(-c3ccc(CN4CCC(n5cnc6c(N)ncnc65)CC4)cc3)nc21. The third-order valence-electron chi connectivity index (χ3n) is 7.90. The van der Waals surface area contributed by atoms with Crippen LogP contribution in [-0.4, -0.2) is 52.3 Å². The van der Waals surface area contributed by atoms with E-state index in [1.807, 2.05) is 31.6 Å². The quantitative estimate of drug-likeness (QED) is 0.335. The number of aromatic nitrogens is 7. The molecule has 0 atom stereocenters. The van der Waals surface area contributed by atoms with Gasteiger partial charge in [0, 0.05) is 43.9 Å². The fraction of sp³-hybridized carbons (Fsp3) is 0.233. The van der Waals surface area contributed by atoms with Crippen LogP contribution in [0.2, 0.25) is 0 Å². The maximum atomic E-state index is 6.20. The summed E-state index contributed by atoms with van der Waals surface area (Å²) in [5, 5.41) is 5.25. The highest BCUT2D eigenvalue weighted by Crippen LogP contribution is 2.35. The highest BCUT2D eigenvalue weighted by Gasteiger charge is 2.23. The molecule has 1 fully saturated rings. The van der Waals surface area contributed by atoms with Crippen LogP contribution in [0.4, 0.5) is 11.6 Å².